The van der Waals surface area contributed by atoms with Crippen molar-refractivity contribution >= 4 is 29.4 Å². The van der Waals surface area contributed by atoms with E-state index in [-0.39, 0.29) is 44.4 Å². The van der Waals surface area contributed by atoms with Crippen molar-refractivity contribution in [2.75, 3.05) is 26.4 Å². The first-order valence-electron chi connectivity index (χ1n) is 9.88. The third kappa shape index (κ3) is 8.68. The van der Waals surface area contributed by atoms with E-state index < -0.39 is 11.9 Å². The molecule has 32 heavy (non-hydrogen) atoms. The van der Waals surface area contributed by atoms with Crippen molar-refractivity contribution in [1.29, 1.82) is 0 Å². The Morgan fingerprint density at radius 3 is 2.69 bits per heavy atom. The molecule has 4 N–H and O–H groups in total. The second kappa shape index (κ2) is 13.0. The number of amides is 1. The smallest absolute Gasteiger partial charge is 0.325 e. The highest BCUT2D eigenvalue weighted by Gasteiger charge is 2.21. The largest absolute Gasteiger partial charge is 0.493 e. The van der Waals surface area contributed by atoms with E-state index in [4.69, 9.17) is 37.4 Å². The van der Waals surface area contributed by atoms with E-state index >= 15 is 0 Å². The maximum Gasteiger partial charge on any atom is 0.325 e. The van der Waals surface area contributed by atoms with Crippen molar-refractivity contribution in [3.8, 4) is 5.75 Å². The number of halogens is 1. The number of ether oxygens (including phenoxy) is 2. The quantitative estimate of drug-likeness (QED) is 0.160. The molecule has 0 fully saturated rings. The van der Waals surface area contributed by atoms with Crippen LogP contribution in [0.5, 0.6) is 5.75 Å². The third-order valence-corrected chi connectivity index (χ3v) is 4.15. The lowest BCUT2D eigenvalue weighted by Crippen LogP contribution is -2.36. The van der Waals surface area contributed by atoms with Crippen LogP contribution in [-0.2, 0) is 20.9 Å². The molecule has 172 valence electrons. The number of hydrogen-bond acceptors (Lipinski definition) is 7. The maximum atomic E-state index is 13.2. The second-order valence-corrected chi connectivity index (χ2v) is 6.95. The van der Waals surface area contributed by atoms with E-state index in [1.54, 1.807) is 43.5 Å². The van der Waals surface area contributed by atoms with Crippen LogP contribution in [0, 0.1) is 0 Å². The van der Waals surface area contributed by atoms with E-state index in [0.29, 0.717) is 22.9 Å². The predicted molar refractivity (Wildman–Crippen MR) is 119 cm³/mol. The first-order chi connectivity index (χ1) is 15.4. The van der Waals surface area contributed by atoms with Gasteiger partial charge < -0.3 is 30.7 Å². The summed E-state index contributed by atoms with van der Waals surface area (Å²) in [5, 5.41) is 3.73. The highest BCUT2D eigenvalue weighted by Crippen LogP contribution is 2.23. The number of pyridine rings is 1. The lowest BCUT2D eigenvalue weighted by molar-refractivity contribution is -0.143. The summed E-state index contributed by atoms with van der Waals surface area (Å²) in [6.45, 7) is 2.35. The van der Waals surface area contributed by atoms with E-state index in [1.165, 1.54) is 11.0 Å². The summed E-state index contributed by atoms with van der Waals surface area (Å²) >= 11 is 6.19. The van der Waals surface area contributed by atoms with Crippen LogP contribution in [0.25, 0.3) is 0 Å². The van der Waals surface area contributed by atoms with Crippen LogP contribution in [0.1, 0.15) is 29.4 Å². The Labute approximate surface area is 191 Å². The number of carbonyl (C=O) groups excluding carboxylic acids is 2. The molecule has 10 nitrogen and oxygen atoms in total. The molecule has 2 aromatic rings. The average molecular weight is 464 g/mol. The molecule has 0 unspecified atom stereocenters. The number of carbonyl (C=O) groups is 2. The van der Waals surface area contributed by atoms with Gasteiger partial charge in [-0.2, -0.15) is 0 Å². The van der Waals surface area contributed by atoms with Crippen LogP contribution in [0.4, 0.5) is 0 Å². The van der Waals surface area contributed by atoms with Crippen LogP contribution in [-0.4, -0.2) is 54.1 Å². The molecule has 1 aromatic carbocycles. The summed E-state index contributed by atoms with van der Waals surface area (Å²) in [5.41, 5.74) is 11.2. The molecule has 0 aliphatic heterocycles. The van der Waals surface area contributed by atoms with Gasteiger partial charge in [0.1, 0.15) is 18.9 Å². The van der Waals surface area contributed by atoms with Gasteiger partial charge in [-0.1, -0.05) is 17.7 Å². The highest BCUT2D eigenvalue weighted by molar-refractivity contribution is 6.31. The number of oxime groups is 1. The van der Waals surface area contributed by atoms with Gasteiger partial charge >= 0.3 is 5.97 Å². The van der Waals surface area contributed by atoms with Crippen LogP contribution < -0.4 is 16.2 Å². The van der Waals surface area contributed by atoms with E-state index in [1.807, 2.05) is 0 Å². The minimum absolute atomic E-state index is 0.128. The van der Waals surface area contributed by atoms with Crippen LogP contribution in [0.3, 0.4) is 0 Å². The van der Waals surface area contributed by atoms with Crippen molar-refractivity contribution in [2.45, 2.75) is 19.9 Å². The number of rotatable bonds is 12. The van der Waals surface area contributed by atoms with E-state index in [0.717, 1.165) is 0 Å². The predicted octanol–water partition coefficient (Wildman–Crippen LogP) is 1.91. The van der Waals surface area contributed by atoms with Crippen molar-refractivity contribution in [2.24, 2.45) is 16.6 Å². The molecule has 0 saturated carbocycles. The fourth-order valence-electron chi connectivity index (χ4n) is 2.63. The molecule has 11 heteroatoms. The first-order valence-corrected chi connectivity index (χ1v) is 10.3. The molecule has 0 radical (unpaired) electrons. The fourth-order valence-corrected chi connectivity index (χ4v) is 2.86. The standard InChI is InChI=1S/C21H26ClN5O5/c1-2-30-19(28)14-27(13-17-6-3-4-7-25-17)20(29)15-10-16(22)12-18(11-15)31-8-5-9-32-26-21(23)24/h3-4,6-7,10-12H,2,5,8-9,13-14H2,1H3,(H4,23,24,26). The SMILES string of the molecule is CCOC(=O)CN(Cc1ccccn1)C(=O)c1cc(Cl)cc(OCCCON=C(N)N)c1. The summed E-state index contributed by atoms with van der Waals surface area (Å²) in [7, 11) is 0. The zero-order valence-corrected chi connectivity index (χ0v) is 18.5. The number of guanidine groups is 1. The Bertz CT molecular complexity index is 922. The number of nitrogens with zero attached hydrogens (tertiary/aromatic N) is 3. The van der Waals surface area contributed by atoms with Gasteiger partial charge in [-0.3, -0.25) is 14.6 Å². The Kier molecular flexibility index (Phi) is 10.1. The minimum Gasteiger partial charge on any atom is -0.493 e. The summed E-state index contributed by atoms with van der Waals surface area (Å²) < 4.78 is 10.7. The van der Waals surface area contributed by atoms with Crippen molar-refractivity contribution in [3.63, 3.8) is 0 Å². The molecular weight excluding hydrogens is 438 g/mol. The number of hydrogen-bond donors (Lipinski definition) is 2. The molecule has 1 aromatic heterocycles. The van der Waals surface area contributed by atoms with Gasteiger partial charge in [-0.05, 0) is 42.4 Å². The second-order valence-electron chi connectivity index (χ2n) is 6.51. The topological polar surface area (TPSA) is 142 Å². The van der Waals surface area contributed by atoms with Gasteiger partial charge in [-0.25, -0.2) is 0 Å². The molecule has 0 aliphatic carbocycles. The third-order valence-electron chi connectivity index (χ3n) is 3.93. The van der Waals surface area contributed by atoms with Gasteiger partial charge in [-0.15, -0.1) is 0 Å². The molecular formula is C21H26ClN5O5. The zero-order valence-electron chi connectivity index (χ0n) is 17.7. The Hall–Kier alpha value is -3.53. The molecule has 1 heterocycles. The van der Waals surface area contributed by atoms with Gasteiger partial charge in [0, 0.05) is 23.2 Å². The normalized spacial score (nSPS) is 10.2. The molecule has 0 bridgehead atoms. The fraction of sp³-hybridized carbons (Fsp3) is 0.333. The summed E-state index contributed by atoms with van der Waals surface area (Å²) in [6, 6.07) is 9.99. The Morgan fingerprint density at radius 1 is 1.19 bits per heavy atom. The number of esters is 1. The molecule has 0 atom stereocenters. The maximum absolute atomic E-state index is 13.2. The highest BCUT2D eigenvalue weighted by atomic mass is 35.5. The Balaban J connectivity index is 2.10. The summed E-state index contributed by atoms with van der Waals surface area (Å²) in [4.78, 5) is 35.7. The van der Waals surface area contributed by atoms with Gasteiger partial charge in [0.15, 0.2) is 0 Å². The lowest BCUT2D eigenvalue weighted by Gasteiger charge is -2.22. The van der Waals surface area contributed by atoms with Crippen LogP contribution >= 0.6 is 11.6 Å². The van der Waals surface area contributed by atoms with E-state index in [2.05, 4.69) is 10.1 Å². The van der Waals surface area contributed by atoms with Gasteiger partial charge in [0.25, 0.3) is 5.91 Å². The number of aromatic nitrogens is 1. The summed E-state index contributed by atoms with van der Waals surface area (Å²) in [6.07, 6.45) is 2.12. The molecule has 0 aliphatic rings. The van der Waals surface area contributed by atoms with Crippen LogP contribution in [0.15, 0.2) is 47.8 Å². The average Bonchev–Trinajstić information content (AvgIpc) is 2.75. The minimum atomic E-state index is -0.518. The van der Waals surface area contributed by atoms with Crippen molar-refractivity contribution in [3.05, 3.63) is 58.9 Å². The number of benzene rings is 1. The molecule has 0 saturated heterocycles. The molecule has 1 amide bonds. The van der Waals surface area contributed by atoms with Gasteiger partial charge in [0.05, 0.1) is 25.5 Å². The lowest BCUT2D eigenvalue weighted by atomic mass is 10.1. The monoisotopic (exact) mass is 463 g/mol. The van der Waals surface area contributed by atoms with Crippen molar-refractivity contribution < 1.29 is 23.9 Å². The molecule has 2 rings (SSSR count). The zero-order chi connectivity index (χ0) is 23.3. The van der Waals surface area contributed by atoms with E-state index in [9.17, 15) is 9.59 Å². The summed E-state index contributed by atoms with van der Waals surface area (Å²) in [5.74, 6) is -0.693. The van der Waals surface area contributed by atoms with Crippen molar-refractivity contribution in [1.82, 2.24) is 9.88 Å². The van der Waals surface area contributed by atoms with Gasteiger partial charge in [0.2, 0.25) is 5.96 Å². The Morgan fingerprint density at radius 2 is 2.00 bits per heavy atom. The first kappa shape index (κ1) is 24.7. The molecule has 0 spiro atoms. The van der Waals surface area contributed by atoms with Crippen LogP contribution in [0.2, 0.25) is 5.02 Å². The number of nitrogens with two attached hydrogens (primary N) is 2.